The third-order valence-corrected chi connectivity index (χ3v) is 2.48. The molecule has 0 radical (unpaired) electrons. The first-order chi connectivity index (χ1) is 8.11. The number of carbonyl (C=O) groups is 2. The van der Waals surface area contributed by atoms with Gasteiger partial charge in [-0.15, -0.1) is 0 Å². The van der Waals surface area contributed by atoms with Crippen LogP contribution in [-0.2, 0) is 22.6 Å². The minimum absolute atomic E-state index is 0.0324. The Morgan fingerprint density at radius 2 is 1.71 bits per heavy atom. The smallest absolute Gasteiger partial charge is 0.220 e. The second-order valence-corrected chi connectivity index (χ2v) is 3.82. The van der Waals surface area contributed by atoms with Crippen LogP contribution in [0.5, 0.6) is 0 Å². The summed E-state index contributed by atoms with van der Waals surface area (Å²) in [5, 5.41) is 12.8. The number of amides is 1. The Bertz CT molecular complexity index is 384. The molecule has 0 aromatic heterocycles. The van der Waals surface area contributed by atoms with Crippen LogP contribution >= 0.6 is 0 Å². The highest BCUT2D eigenvalue weighted by molar-refractivity contribution is 5.79. The fraction of sp³-hybridized carbons (Fsp3) is 0.385. The Balaban J connectivity index is 2.34. The van der Waals surface area contributed by atoms with Crippen LogP contribution in [0.1, 0.15) is 30.9 Å². The Morgan fingerprint density at radius 3 is 2.24 bits per heavy atom. The molecule has 0 saturated carbocycles. The van der Waals surface area contributed by atoms with E-state index in [9.17, 15) is 14.7 Å². The van der Waals surface area contributed by atoms with Gasteiger partial charge in [0.2, 0.25) is 5.91 Å². The molecule has 0 saturated heterocycles. The molecule has 0 heterocycles. The average molecular weight is 234 g/mol. The second-order valence-electron chi connectivity index (χ2n) is 3.82. The molecule has 4 nitrogen and oxygen atoms in total. The van der Waals surface area contributed by atoms with E-state index < -0.39 is 5.97 Å². The lowest BCUT2D eigenvalue weighted by Crippen LogP contribution is -2.27. The molecule has 1 aromatic rings. The second kappa shape index (κ2) is 6.68. The highest BCUT2D eigenvalue weighted by atomic mass is 16.4. The van der Waals surface area contributed by atoms with Crippen LogP contribution in [0.15, 0.2) is 24.3 Å². The van der Waals surface area contributed by atoms with Gasteiger partial charge in [-0.1, -0.05) is 31.2 Å². The lowest BCUT2D eigenvalue weighted by atomic mass is 10.1. The number of rotatable bonds is 6. The number of aryl methyl sites for hydroxylation is 1. The molecular weight excluding hydrogens is 218 g/mol. The summed E-state index contributed by atoms with van der Waals surface area (Å²) < 4.78 is 0. The summed E-state index contributed by atoms with van der Waals surface area (Å²) in [6, 6.07) is 7.95. The highest BCUT2D eigenvalue weighted by Crippen LogP contribution is 2.04. The lowest BCUT2D eigenvalue weighted by molar-refractivity contribution is -0.305. The van der Waals surface area contributed by atoms with E-state index in [1.54, 1.807) is 0 Å². The summed E-state index contributed by atoms with van der Waals surface area (Å²) in [6.07, 6.45) is 0.717. The largest absolute Gasteiger partial charge is 0.550 e. The van der Waals surface area contributed by atoms with Gasteiger partial charge in [0, 0.05) is 18.9 Å². The van der Waals surface area contributed by atoms with Gasteiger partial charge in [-0.25, -0.2) is 0 Å². The van der Waals surface area contributed by atoms with E-state index in [2.05, 4.69) is 12.2 Å². The Kier molecular flexibility index (Phi) is 5.20. The van der Waals surface area contributed by atoms with Crippen molar-refractivity contribution in [3.8, 4) is 0 Å². The van der Waals surface area contributed by atoms with E-state index in [4.69, 9.17) is 0 Å². The molecule has 0 aliphatic rings. The summed E-state index contributed by atoms with van der Waals surface area (Å²) in [4.78, 5) is 21.4. The predicted octanol–water partition coefficient (Wildman–Crippen LogP) is 0.395. The first-order valence-corrected chi connectivity index (χ1v) is 5.66. The average Bonchev–Trinajstić information content (AvgIpc) is 2.34. The molecule has 0 spiro atoms. The van der Waals surface area contributed by atoms with Gasteiger partial charge in [0.1, 0.15) is 0 Å². The predicted molar refractivity (Wildman–Crippen MR) is 61.9 cm³/mol. The van der Waals surface area contributed by atoms with Gasteiger partial charge in [0.25, 0.3) is 0 Å². The lowest BCUT2D eigenvalue weighted by Gasteiger charge is -2.06. The van der Waals surface area contributed by atoms with Crippen molar-refractivity contribution >= 4 is 11.9 Å². The minimum Gasteiger partial charge on any atom is -0.550 e. The molecule has 1 amide bonds. The van der Waals surface area contributed by atoms with E-state index in [1.807, 2.05) is 24.3 Å². The molecule has 0 aliphatic heterocycles. The molecule has 0 atom stereocenters. The zero-order valence-electron chi connectivity index (χ0n) is 9.86. The number of aliphatic carboxylic acids is 1. The van der Waals surface area contributed by atoms with Gasteiger partial charge in [-0.2, -0.15) is 0 Å². The SMILES string of the molecule is CCc1ccc(CNC(=O)CCC(=O)[O-])cc1. The quantitative estimate of drug-likeness (QED) is 0.774. The minimum atomic E-state index is -1.20. The van der Waals surface area contributed by atoms with Gasteiger partial charge in [-0.3, -0.25) is 4.79 Å². The van der Waals surface area contributed by atoms with E-state index in [0.29, 0.717) is 6.54 Å². The monoisotopic (exact) mass is 234 g/mol. The van der Waals surface area contributed by atoms with Crippen LogP contribution in [0.25, 0.3) is 0 Å². The molecule has 4 heteroatoms. The van der Waals surface area contributed by atoms with Crippen molar-refractivity contribution in [1.29, 1.82) is 0 Å². The Labute approximate surface area is 101 Å². The Morgan fingerprint density at radius 1 is 1.12 bits per heavy atom. The summed E-state index contributed by atoms with van der Waals surface area (Å²) in [6.45, 7) is 2.51. The number of benzene rings is 1. The zero-order valence-corrected chi connectivity index (χ0v) is 9.86. The summed E-state index contributed by atoms with van der Waals surface area (Å²) in [5.41, 5.74) is 2.25. The number of carbonyl (C=O) groups excluding carboxylic acids is 2. The molecular formula is C13H16NO3-. The molecule has 0 unspecified atom stereocenters. The van der Waals surface area contributed by atoms with E-state index in [-0.39, 0.29) is 18.7 Å². The molecule has 1 rings (SSSR count). The number of hydrogen-bond donors (Lipinski definition) is 1. The fourth-order valence-corrected chi connectivity index (χ4v) is 1.40. The zero-order chi connectivity index (χ0) is 12.7. The van der Waals surface area contributed by atoms with E-state index in [1.165, 1.54) is 5.56 Å². The van der Waals surface area contributed by atoms with Crippen molar-refractivity contribution in [1.82, 2.24) is 5.32 Å². The topological polar surface area (TPSA) is 69.2 Å². The van der Waals surface area contributed by atoms with Crippen LogP contribution in [-0.4, -0.2) is 11.9 Å². The maximum Gasteiger partial charge on any atom is 0.220 e. The number of hydrogen-bond acceptors (Lipinski definition) is 3. The third-order valence-electron chi connectivity index (χ3n) is 2.48. The van der Waals surface area contributed by atoms with Crippen molar-refractivity contribution in [2.75, 3.05) is 0 Å². The van der Waals surface area contributed by atoms with Gasteiger partial charge >= 0.3 is 0 Å². The van der Waals surface area contributed by atoms with Crippen LogP contribution in [0.2, 0.25) is 0 Å². The van der Waals surface area contributed by atoms with Crippen molar-refractivity contribution < 1.29 is 14.7 Å². The van der Waals surface area contributed by atoms with Crippen LogP contribution in [0.4, 0.5) is 0 Å². The Hall–Kier alpha value is -1.84. The van der Waals surface area contributed by atoms with Crippen LogP contribution < -0.4 is 10.4 Å². The first kappa shape index (κ1) is 13.2. The standard InChI is InChI=1S/C13H17NO3/c1-2-10-3-5-11(6-4-10)9-14-12(15)7-8-13(16)17/h3-6H,2,7-9H2,1H3,(H,14,15)(H,16,17)/p-1. The fourth-order valence-electron chi connectivity index (χ4n) is 1.40. The maximum atomic E-state index is 11.2. The number of carboxylic acids is 1. The molecule has 17 heavy (non-hydrogen) atoms. The number of nitrogens with one attached hydrogen (secondary N) is 1. The van der Waals surface area contributed by atoms with Crippen LogP contribution in [0, 0.1) is 0 Å². The maximum absolute atomic E-state index is 11.2. The van der Waals surface area contributed by atoms with Crippen molar-refractivity contribution in [2.45, 2.75) is 32.7 Å². The van der Waals surface area contributed by atoms with Crippen molar-refractivity contribution in [3.63, 3.8) is 0 Å². The molecule has 0 fully saturated rings. The van der Waals surface area contributed by atoms with Gasteiger partial charge in [-0.05, 0) is 24.0 Å². The van der Waals surface area contributed by atoms with Crippen LogP contribution in [0.3, 0.4) is 0 Å². The molecule has 0 aliphatic carbocycles. The summed E-state index contributed by atoms with van der Waals surface area (Å²) >= 11 is 0. The number of carboxylic acid groups (broad SMARTS) is 1. The molecule has 1 aromatic carbocycles. The summed E-state index contributed by atoms with van der Waals surface area (Å²) in [7, 11) is 0. The molecule has 1 N–H and O–H groups in total. The molecule has 92 valence electrons. The van der Waals surface area contributed by atoms with Crippen molar-refractivity contribution in [3.05, 3.63) is 35.4 Å². The normalized spacial score (nSPS) is 9.94. The van der Waals surface area contributed by atoms with E-state index in [0.717, 1.165) is 12.0 Å². The van der Waals surface area contributed by atoms with E-state index >= 15 is 0 Å². The van der Waals surface area contributed by atoms with Crippen molar-refractivity contribution in [2.24, 2.45) is 0 Å². The highest BCUT2D eigenvalue weighted by Gasteiger charge is 2.01. The van der Waals surface area contributed by atoms with Gasteiger partial charge in [0.05, 0.1) is 0 Å². The summed E-state index contributed by atoms with van der Waals surface area (Å²) in [5.74, 6) is -1.47. The third kappa shape index (κ3) is 5.15. The first-order valence-electron chi connectivity index (χ1n) is 5.66. The van der Waals surface area contributed by atoms with Gasteiger partial charge < -0.3 is 15.2 Å². The van der Waals surface area contributed by atoms with Gasteiger partial charge in [0.15, 0.2) is 0 Å². The molecule has 0 bridgehead atoms.